The van der Waals surface area contributed by atoms with Crippen molar-refractivity contribution in [3.8, 4) is 11.5 Å². The summed E-state index contributed by atoms with van der Waals surface area (Å²) in [6.45, 7) is 1.76. The summed E-state index contributed by atoms with van der Waals surface area (Å²) in [4.78, 5) is 0. The molecular weight excluding hydrogens is 295 g/mol. The Morgan fingerprint density at radius 3 is 2.62 bits per heavy atom. The summed E-state index contributed by atoms with van der Waals surface area (Å²) in [6, 6.07) is 9.22. The molecule has 0 heterocycles. The van der Waals surface area contributed by atoms with E-state index >= 15 is 0 Å². The molecule has 0 aromatic heterocycles. The Bertz CT molecular complexity index is 629. The molecule has 0 radical (unpaired) electrons. The Morgan fingerprint density at radius 1 is 1.19 bits per heavy atom. The van der Waals surface area contributed by atoms with Crippen molar-refractivity contribution in [1.82, 2.24) is 0 Å². The molecule has 1 N–H and O–H groups in total. The van der Waals surface area contributed by atoms with Gasteiger partial charge in [0.25, 0.3) is 0 Å². The second kappa shape index (κ2) is 6.78. The number of aliphatic hydroxyl groups excluding tert-OH is 1. The van der Waals surface area contributed by atoms with Gasteiger partial charge in [0.05, 0.1) is 13.2 Å². The molecule has 21 heavy (non-hydrogen) atoms. The van der Waals surface area contributed by atoms with Crippen LogP contribution in [0.2, 0.25) is 5.02 Å². The molecule has 1 atom stereocenters. The second-order valence-corrected chi connectivity index (χ2v) is 5.04. The number of hydrogen-bond acceptors (Lipinski definition) is 3. The van der Waals surface area contributed by atoms with Gasteiger partial charge in [-0.05, 0) is 37.3 Å². The van der Waals surface area contributed by atoms with Gasteiger partial charge in [-0.3, -0.25) is 0 Å². The van der Waals surface area contributed by atoms with Crippen molar-refractivity contribution in [1.29, 1.82) is 0 Å². The highest BCUT2D eigenvalue weighted by Gasteiger charge is 2.12. The van der Waals surface area contributed by atoms with Crippen molar-refractivity contribution in [2.24, 2.45) is 0 Å². The summed E-state index contributed by atoms with van der Waals surface area (Å²) >= 11 is 5.95. The maximum atomic E-state index is 13.3. The van der Waals surface area contributed by atoms with E-state index < -0.39 is 11.9 Å². The minimum atomic E-state index is -0.748. The van der Waals surface area contributed by atoms with Crippen molar-refractivity contribution in [2.45, 2.75) is 19.6 Å². The van der Waals surface area contributed by atoms with Gasteiger partial charge in [-0.1, -0.05) is 11.6 Å². The summed E-state index contributed by atoms with van der Waals surface area (Å²) in [6.07, 6.45) is -0.748. The van der Waals surface area contributed by atoms with E-state index in [0.717, 1.165) is 5.56 Å². The third kappa shape index (κ3) is 3.86. The highest BCUT2D eigenvalue weighted by atomic mass is 35.5. The van der Waals surface area contributed by atoms with E-state index in [1.807, 2.05) is 0 Å². The number of aliphatic hydroxyl groups is 1. The van der Waals surface area contributed by atoms with Crippen molar-refractivity contribution < 1.29 is 19.0 Å². The Kier molecular flexibility index (Phi) is 5.04. The van der Waals surface area contributed by atoms with Crippen LogP contribution >= 0.6 is 11.6 Å². The first-order valence-electron chi connectivity index (χ1n) is 6.44. The van der Waals surface area contributed by atoms with Crippen LogP contribution in [0.1, 0.15) is 24.2 Å². The number of ether oxygens (including phenoxy) is 2. The Balaban J connectivity index is 2.24. The SMILES string of the molecule is COc1ccc(Cl)cc1COc1cc(F)ccc1[C@H](C)O. The molecule has 0 saturated heterocycles. The first-order valence-corrected chi connectivity index (χ1v) is 6.81. The van der Waals surface area contributed by atoms with Crippen LogP contribution in [-0.2, 0) is 6.61 Å². The fourth-order valence-corrected chi connectivity index (χ4v) is 2.19. The molecule has 2 rings (SSSR count). The lowest BCUT2D eigenvalue weighted by atomic mass is 10.1. The summed E-state index contributed by atoms with van der Waals surface area (Å²) < 4.78 is 24.2. The van der Waals surface area contributed by atoms with Gasteiger partial charge in [-0.25, -0.2) is 4.39 Å². The molecule has 2 aromatic carbocycles. The third-order valence-corrected chi connectivity index (χ3v) is 3.29. The van der Waals surface area contributed by atoms with Gasteiger partial charge in [-0.15, -0.1) is 0 Å². The average Bonchev–Trinajstić information content (AvgIpc) is 2.45. The molecule has 0 aliphatic heterocycles. The number of halogens is 2. The van der Waals surface area contributed by atoms with E-state index in [4.69, 9.17) is 21.1 Å². The molecule has 0 spiro atoms. The van der Waals surface area contributed by atoms with E-state index in [2.05, 4.69) is 0 Å². The van der Waals surface area contributed by atoms with Crippen LogP contribution in [0.3, 0.4) is 0 Å². The van der Waals surface area contributed by atoms with Crippen LogP contribution in [-0.4, -0.2) is 12.2 Å². The van der Waals surface area contributed by atoms with E-state index in [9.17, 15) is 9.50 Å². The van der Waals surface area contributed by atoms with Crippen LogP contribution in [0, 0.1) is 5.82 Å². The van der Waals surface area contributed by atoms with Crippen LogP contribution in [0.4, 0.5) is 4.39 Å². The molecule has 0 aliphatic rings. The quantitative estimate of drug-likeness (QED) is 0.903. The lowest BCUT2D eigenvalue weighted by Crippen LogP contribution is -2.03. The second-order valence-electron chi connectivity index (χ2n) is 4.60. The number of rotatable bonds is 5. The van der Waals surface area contributed by atoms with Gasteiger partial charge in [0.1, 0.15) is 23.9 Å². The number of benzene rings is 2. The number of hydrogen-bond donors (Lipinski definition) is 1. The first-order chi connectivity index (χ1) is 10.0. The molecule has 0 amide bonds. The summed E-state index contributed by atoms with van der Waals surface area (Å²) in [5, 5.41) is 10.2. The molecule has 0 unspecified atom stereocenters. The van der Waals surface area contributed by atoms with Gasteiger partial charge in [-0.2, -0.15) is 0 Å². The van der Waals surface area contributed by atoms with Crippen LogP contribution in [0.25, 0.3) is 0 Å². The monoisotopic (exact) mass is 310 g/mol. The smallest absolute Gasteiger partial charge is 0.128 e. The predicted molar refractivity (Wildman–Crippen MR) is 79.4 cm³/mol. The maximum absolute atomic E-state index is 13.3. The van der Waals surface area contributed by atoms with Crippen LogP contribution in [0.5, 0.6) is 11.5 Å². The van der Waals surface area contributed by atoms with Gasteiger partial charge in [0, 0.05) is 22.2 Å². The zero-order valence-corrected chi connectivity index (χ0v) is 12.5. The molecular formula is C16H16ClFO3. The fourth-order valence-electron chi connectivity index (χ4n) is 1.99. The van der Waals surface area contributed by atoms with Crippen molar-refractivity contribution >= 4 is 11.6 Å². The lowest BCUT2D eigenvalue weighted by Gasteiger charge is -2.15. The van der Waals surface area contributed by atoms with Gasteiger partial charge < -0.3 is 14.6 Å². The summed E-state index contributed by atoms with van der Waals surface area (Å²) in [5.41, 5.74) is 1.27. The molecule has 5 heteroatoms. The normalized spacial score (nSPS) is 12.0. The highest BCUT2D eigenvalue weighted by molar-refractivity contribution is 6.30. The predicted octanol–water partition coefficient (Wildman–Crippen LogP) is 4.12. The molecule has 3 nitrogen and oxygen atoms in total. The summed E-state index contributed by atoms with van der Waals surface area (Å²) in [7, 11) is 1.55. The van der Waals surface area contributed by atoms with Crippen LogP contribution < -0.4 is 9.47 Å². The standard InChI is InChI=1S/C16H16ClFO3/c1-10(19)14-5-4-13(18)8-16(14)21-9-11-7-12(17)3-6-15(11)20-2/h3-8,10,19H,9H2,1-2H3/t10-/m0/s1. The van der Waals surface area contributed by atoms with E-state index in [-0.39, 0.29) is 6.61 Å². The molecule has 0 fully saturated rings. The van der Waals surface area contributed by atoms with E-state index in [0.29, 0.717) is 22.1 Å². The maximum Gasteiger partial charge on any atom is 0.128 e. The highest BCUT2D eigenvalue weighted by Crippen LogP contribution is 2.29. The Labute approximate surface area is 127 Å². The summed E-state index contributed by atoms with van der Waals surface area (Å²) in [5.74, 6) is 0.508. The average molecular weight is 311 g/mol. The molecule has 0 bridgehead atoms. The molecule has 112 valence electrons. The first kappa shape index (κ1) is 15.6. The largest absolute Gasteiger partial charge is 0.496 e. The van der Waals surface area contributed by atoms with Crippen molar-refractivity contribution in [2.75, 3.05) is 7.11 Å². The molecule has 2 aromatic rings. The van der Waals surface area contributed by atoms with Gasteiger partial charge >= 0.3 is 0 Å². The topological polar surface area (TPSA) is 38.7 Å². The zero-order valence-electron chi connectivity index (χ0n) is 11.8. The fraction of sp³-hybridized carbons (Fsp3) is 0.250. The zero-order chi connectivity index (χ0) is 15.4. The van der Waals surface area contributed by atoms with Crippen LogP contribution in [0.15, 0.2) is 36.4 Å². The van der Waals surface area contributed by atoms with Crippen molar-refractivity contribution in [3.05, 3.63) is 58.4 Å². The number of methoxy groups -OCH3 is 1. The Morgan fingerprint density at radius 2 is 1.95 bits per heavy atom. The molecule has 0 saturated carbocycles. The minimum absolute atomic E-state index is 0.160. The van der Waals surface area contributed by atoms with Gasteiger partial charge in [0.2, 0.25) is 0 Å². The van der Waals surface area contributed by atoms with Gasteiger partial charge in [0.15, 0.2) is 0 Å². The lowest BCUT2D eigenvalue weighted by molar-refractivity contribution is 0.189. The Hall–Kier alpha value is -1.78. The van der Waals surface area contributed by atoms with E-state index in [1.165, 1.54) is 18.2 Å². The molecule has 0 aliphatic carbocycles. The van der Waals surface area contributed by atoms with Crippen molar-refractivity contribution in [3.63, 3.8) is 0 Å². The minimum Gasteiger partial charge on any atom is -0.496 e. The third-order valence-electron chi connectivity index (χ3n) is 3.05. The van der Waals surface area contributed by atoms with E-state index in [1.54, 1.807) is 32.2 Å².